The molecule has 7 nitrogen and oxygen atoms in total. The monoisotopic (exact) mass is 344 g/mol. The lowest BCUT2D eigenvalue weighted by Crippen LogP contribution is -2.18. The van der Waals surface area contributed by atoms with Gasteiger partial charge in [-0.1, -0.05) is 0 Å². The number of H-pyrrole nitrogens is 1. The number of methoxy groups -OCH3 is 1. The molecule has 1 N–H and O–H groups in total. The van der Waals surface area contributed by atoms with E-state index in [2.05, 4.69) is 4.98 Å². The first-order valence-electron chi connectivity index (χ1n) is 8.09. The Morgan fingerprint density at radius 3 is 2.40 bits per heavy atom. The van der Waals surface area contributed by atoms with Gasteiger partial charge in [-0.25, -0.2) is 9.59 Å². The van der Waals surface area contributed by atoms with Crippen molar-refractivity contribution in [1.82, 2.24) is 9.55 Å². The van der Waals surface area contributed by atoms with Crippen molar-refractivity contribution in [1.29, 1.82) is 0 Å². The van der Waals surface area contributed by atoms with E-state index >= 15 is 0 Å². The average molecular weight is 344 g/mol. The standard InChI is InChI=1S/C18H20N2O5/c1-10-15(14(21)9-25-17(22)13-5-4-8-19-13)16(18(23)24-3)11(2)20(10)12-6-7-12/h4-5,8,12,19H,6-7,9H2,1-3H3. The van der Waals surface area contributed by atoms with Gasteiger partial charge < -0.3 is 19.0 Å². The number of carbonyl (C=O) groups is 3. The van der Waals surface area contributed by atoms with Crippen molar-refractivity contribution in [2.45, 2.75) is 32.7 Å². The van der Waals surface area contributed by atoms with Crippen LogP contribution in [-0.2, 0) is 9.47 Å². The number of rotatable bonds is 6. The number of Topliss-reactive ketones (excluding diaryl/α,β-unsaturated/α-hetero) is 1. The summed E-state index contributed by atoms with van der Waals surface area (Å²) in [7, 11) is 1.28. The molecule has 1 aliphatic rings. The molecule has 7 heteroatoms. The minimum absolute atomic E-state index is 0.257. The van der Waals surface area contributed by atoms with Crippen LogP contribution in [-0.4, -0.2) is 41.0 Å². The van der Waals surface area contributed by atoms with E-state index in [4.69, 9.17) is 9.47 Å². The first kappa shape index (κ1) is 17.0. The third-order valence-corrected chi connectivity index (χ3v) is 4.43. The Bertz CT molecular complexity index is 828. The van der Waals surface area contributed by atoms with E-state index in [0.29, 0.717) is 17.4 Å². The minimum atomic E-state index is -0.617. The molecule has 0 spiro atoms. The number of hydrogen-bond donors (Lipinski definition) is 1. The molecule has 0 saturated heterocycles. The number of ether oxygens (including phenoxy) is 2. The molecule has 1 saturated carbocycles. The van der Waals surface area contributed by atoms with Crippen molar-refractivity contribution in [2.24, 2.45) is 0 Å². The Balaban J connectivity index is 1.87. The SMILES string of the molecule is COC(=O)c1c(C(=O)COC(=O)c2ccc[nH]2)c(C)n(C2CC2)c1C. The molecule has 3 rings (SSSR count). The molecule has 0 radical (unpaired) electrons. The van der Waals surface area contributed by atoms with Crippen LogP contribution in [0, 0.1) is 13.8 Å². The second-order valence-electron chi connectivity index (χ2n) is 6.10. The van der Waals surface area contributed by atoms with Crippen LogP contribution in [0.1, 0.15) is 61.5 Å². The number of esters is 2. The molecule has 2 heterocycles. The Kier molecular flexibility index (Phi) is 4.48. The molecule has 0 atom stereocenters. The summed E-state index contributed by atoms with van der Waals surface area (Å²) in [6.45, 7) is 3.17. The van der Waals surface area contributed by atoms with E-state index in [1.807, 2.05) is 4.57 Å². The Labute approximate surface area is 144 Å². The lowest BCUT2D eigenvalue weighted by atomic mass is 10.1. The van der Waals surface area contributed by atoms with E-state index in [1.165, 1.54) is 7.11 Å². The van der Waals surface area contributed by atoms with Crippen LogP contribution in [0.2, 0.25) is 0 Å². The van der Waals surface area contributed by atoms with E-state index < -0.39 is 24.3 Å². The predicted molar refractivity (Wildman–Crippen MR) is 88.9 cm³/mol. The fraction of sp³-hybridized carbons (Fsp3) is 0.389. The highest BCUT2D eigenvalue weighted by Gasteiger charge is 2.34. The van der Waals surface area contributed by atoms with Gasteiger partial charge in [0.25, 0.3) is 0 Å². The second-order valence-corrected chi connectivity index (χ2v) is 6.10. The number of aromatic amines is 1. The third-order valence-electron chi connectivity index (χ3n) is 4.43. The number of carbonyl (C=O) groups excluding carboxylic acids is 3. The summed E-state index contributed by atoms with van der Waals surface area (Å²) in [5.41, 5.74) is 2.22. The Morgan fingerprint density at radius 2 is 1.84 bits per heavy atom. The van der Waals surface area contributed by atoms with Gasteiger partial charge in [0.1, 0.15) is 5.69 Å². The zero-order valence-corrected chi connectivity index (χ0v) is 14.4. The van der Waals surface area contributed by atoms with Crippen LogP contribution in [0.15, 0.2) is 18.3 Å². The van der Waals surface area contributed by atoms with Gasteiger partial charge in [-0.15, -0.1) is 0 Å². The molecule has 0 unspecified atom stereocenters. The number of nitrogens with zero attached hydrogens (tertiary/aromatic N) is 1. The van der Waals surface area contributed by atoms with Crippen molar-refractivity contribution in [2.75, 3.05) is 13.7 Å². The molecule has 1 aliphatic carbocycles. The van der Waals surface area contributed by atoms with Gasteiger partial charge in [0.15, 0.2) is 6.61 Å². The highest BCUT2D eigenvalue weighted by Crippen LogP contribution is 2.40. The van der Waals surface area contributed by atoms with Crippen LogP contribution in [0.4, 0.5) is 0 Å². The van der Waals surface area contributed by atoms with Crippen LogP contribution in [0.25, 0.3) is 0 Å². The highest BCUT2D eigenvalue weighted by atomic mass is 16.5. The van der Waals surface area contributed by atoms with Crippen molar-refractivity contribution in [3.8, 4) is 0 Å². The predicted octanol–water partition coefficient (Wildman–Crippen LogP) is 2.59. The van der Waals surface area contributed by atoms with Crippen molar-refractivity contribution in [3.05, 3.63) is 46.5 Å². The summed E-state index contributed by atoms with van der Waals surface area (Å²) >= 11 is 0. The largest absolute Gasteiger partial charge is 0.465 e. The normalized spacial score (nSPS) is 13.6. The van der Waals surface area contributed by atoms with E-state index in [1.54, 1.807) is 32.2 Å². The number of hydrogen-bond acceptors (Lipinski definition) is 5. The van der Waals surface area contributed by atoms with Gasteiger partial charge in [0.2, 0.25) is 5.78 Å². The molecule has 2 aromatic heterocycles. The molecule has 0 aliphatic heterocycles. The van der Waals surface area contributed by atoms with Gasteiger partial charge in [-0.05, 0) is 38.8 Å². The van der Waals surface area contributed by atoms with Gasteiger partial charge >= 0.3 is 11.9 Å². The van der Waals surface area contributed by atoms with Gasteiger partial charge in [0.05, 0.1) is 18.2 Å². The van der Waals surface area contributed by atoms with Crippen LogP contribution in [0.3, 0.4) is 0 Å². The van der Waals surface area contributed by atoms with Gasteiger partial charge in [-0.2, -0.15) is 0 Å². The van der Waals surface area contributed by atoms with E-state index in [9.17, 15) is 14.4 Å². The summed E-state index contributed by atoms with van der Waals surface area (Å²) in [5.74, 6) is -1.59. The fourth-order valence-corrected chi connectivity index (χ4v) is 3.17. The van der Waals surface area contributed by atoms with Crippen LogP contribution in [0.5, 0.6) is 0 Å². The summed E-state index contributed by atoms with van der Waals surface area (Å²) in [5, 5.41) is 0. The van der Waals surface area contributed by atoms with Gasteiger partial charge in [-0.3, -0.25) is 4.79 Å². The molecule has 1 fully saturated rings. The maximum atomic E-state index is 12.7. The quantitative estimate of drug-likeness (QED) is 0.642. The first-order chi connectivity index (χ1) is 12.0. The lowest BCUT2D eigenvalue weighted by Gasteiger charge is -2.07. The molecule has 132 valence electrons. The lowest BCUT2D eigenvalue weighted by molar-refractivity contribution is 0.0468. The van der Waals surface area contributed by atoms with Crippen molar-refractivity contribution in [3.63, 3.8) is 0 Å². The maximum Gasteiger partial charge on any atom is 0.355 e. The topological polar surface area (TPSA) is 90.4 Å². The summed E-state index contributed by atoms with van der Waals surface area (Å²) < 4.78 is 11.9. The zero-order valence-electron chi connectivity index (χ0n) is 14.4. The van der Waals surface area contributed by atoms with Crippen molar-refractivity contribution >= 4 is 17.7 Å². The van der Waals surface area contributed by atoms with E-state index in [0.717, 1.165) is 12.8 Å². The number of aromatic nitrogens is 2. The number of ketones is 1. The van der Waals surface area contributed by atoms with E-state index in [-0.39, 0.29) is 16.8 Å². The van der Waals surface area contributed by atoms with Crippen molar-refractivity contribution < 1.29 is 23.9 Å². The highest BCUT2D eigenvalue weighted by molar-refractivity contribution is 6.09. The smallest absolute Gasteiger partial charge is 0.355 e. The summed E-state index contributed by atoms with van der Waals surface area (Å²) in [6.07, 6.45) is 3.63. The molecule has 0 amide bonds. The van der Waals surface area contributed by atoms with Crippen LogP contribution < -0.4 is 0 Å². The molecule has 0 aromatic carbocycles. The third kappa shape index (κ3) is 3.09. The van der Waals surface area contributed by atoms with Gasteiger partial charge in [0, 0.05) is 23.6 Å². The zero-order chi connectivity index (χ0) is 18.1. The molecule has 0 bridgehead atoms. The molecular formula is C18H20N2O5. The Morgan fingerprint density at radius 1 is 1.16 bits per heavy atom. The molecule has 2 aromatic rings. The fourth-order valence-electron chi connectivity index (χ4n) is 3.17. The maximum absolute atomic E-state index is 12.7. The molecular weight excluding hydrogens is 324 g/mol. The first-order valence-corrected chi connectivity index (χ1v) is 8.09. The minimum Gasteiger partial charge on any atom is -0.465 e. The summed E-state index contributed by atoms with van der Waals surface area (Å²) in [4.78, 5) is 39.5. The van der Waals surface area contributed by atoms with Crippen LogP contribution >= 0.6 is 0 Å². The Hall–Kier alpha value is -2.83. The molecule has 25 heavy (non-hydrogen) atoms. The number of nitrogens with one attached hydrogen (secondary N) is 1. The second kappa shape index (κ2) is 6.58. The average Bonchev–Trinajstić information content (AvgIpc) is 3.19. The summed E-state index contributed by atoms with van der Waals surface area (Å²) in [6, 6.07) is 3.54.